The zero-order chi connectivity index (χ0) is 12.1. The van der Waals surface area contributed by atoms with Gasteiger partial charge >= 0.3 is 0 Å². The van der Waals surface area contributed by atoms with Crippen LogP contribution < -0.4 is 5.32 Å². The van der Waals surface area contributed by atoms with Gasteiger partial charge in [-0.3, -0.25) is 4.79 Å². The second-order valence-electron chi connectivity index (χ2n) is 3.28. The van der Waals surface area contributed by atoms with Crippen molar-refractivity contribution in [1.29, 1.82) is 0 Å². The van der Waals surface area contributed by atoms with E-state index in [9.17, 15) is 4.79 Å². The molecule has 0 aliphatic rings. The number of thioether (sulfide) groups is 1. The summed E-state index contributed by atoms with van der Waals surface area (Å²) < 4.78 is 1.14. The fourth-order valence-electron chi connectivity index (χ4n) is 1.25. The second kappa shape index (κ2) is 6.10. The van der Waals surface area contributed by atoms with Gasteiger partial charge in [0.25, 0.3) is 0 Å². The van der Waals surface area contributed by atoms with Gasteiger partial charge in [-0.2, -0.15) is 0 Å². The lowest BCUT2D eigenvalue weighted by Gasteiger charge is -2.04. The fraction of sp³-hybridized carbons (Fsp3) is 0.0833. The second-order valence-corrected chi connectivity index (χ2v) is 5.94. The Morgan fingerprint density at radius 2 is 2.24 bits per heavy atom. The maximum Gasteiger partial charge on any atom is 0.234 e. The molecule has 1 amide bonds. The van der Waals surface area contributed by atoms with E-state index in [1.165, 1.54) is 11.8 Å². The normalized spacial score (nSPS) is 10.2. The van der Waals surface area contributed by atoms with Crippen molar-refractivity contribution in [1.82, 2.24) is 0 Å². The van der Waals surface area contributed by atoms with Crippen LogP contribution in [0.2, 0.25) is 5.02 Å². The Balaban J connectivity index is 1.85. The number of nitrogens with one attached hydrogen (secondary N) is 1. The van der Waals surface area contributed by atoms with Gasteiger partial charge in [-0.05, 0) is 29.6 Å². The van der Waals surface area contributed by atoms with Crippen LogP contribution in [0.15, 0.2) is 46.0 Å². The first kappa shape index (κ1) is 12.5. The molecule has 0 aliphatic heterocycles. The van der Waals surface area contributed by atoms with Crippen LogP contribution in [0.1, 0.15) is 0 Å². The largest absolute Gasteiger partial charge is 0.325 e. The third-order valence-corrected chi connectivity index (χ3v) is 4.32. The van der Waals surface area contributed by atoms with E-state index in [4.69, 9.17) is 11.6 Å². The lowest BCUT2D eigenvalue weighted by molar-refractivity contribution is -0.113. The average Bonchev–Trinajstić information content (AvgIpc) is 2.79. The number of carbonyl (C=O) groups is 1. The van der Waals surface area contributed by atoms with Crippen molar-refractivity contribution >= 4 is 46.3 Å². The van der Waals surface area contributed by atoms with Crippen molar-refractivity contribution in [3.8, 4) is 0 Å². The Kier molecular flexibility index (Phi) is 4.48. The monoisotopic (exact) mass is 283 g/mol. The molecule has 17 heavy (non-hydrogen) atoms. The summed E-state index contributed by atoms with van der Waals surface area (Å²) in [6.45, 7) is 0. The van der Waals surface area contributed by atoms with Gasteiger partial charge < -0.3 is 5.32 Å². The van der Waals surface area contributed by atoms with Crippen LogP contribution in [0.5, 0.6) is 0 Å². The molecular weight excluding hydrogens is 274 g/mol. The third kappa shape index (κ3) is 4.07. The number of hydrogen-bond donors (Lipinski definition) is 1. The predicted octanol–water partition coefficient (Wildman–Crippen LogP) is 4.13. The summed E-state index contributed by atoms with van der Waals surface area (Å²) in [5.74, 6) is 0.387. The summed E-state index contributed by atoms with van der Waals surface area (Å²) in [7, 11) is 0. The van der Waals surface area contributed by atoms with Crippen molar-refractivity contribution in [2.24, 2.45) is 0 Å². The van der Waals surface area contributed by atoms with Crippen molar-refractivity contribution in [2.45, 2.75) is 4.21 Å². The van der Waals surface area contributed by atoms with Crippen LogP contribution in [0.4, 0.5) is 5.69 Å². The van der Waals surface area contributed by atoms with Gasteiger partial charge in [0, 0.05) is 10.7 Å². The zero-order valence-electron chi connectivity index (χ0n) is 8.85. The molecule has 0 fully saturated rings. The molecule has 0 saturated heterocycles. The summed E-state index contributed by atoms with van der Waals surface area (Å²) in [4.78, 5) is 11.6. The number of halogens is 1. The highest BCUT2D eigenvalue weighted by molar-refractivity contribution is 8.01. The summed E-state index contributed by atoms with van der Waals surface area (Å²) in [6, 6.07) is 11.1. The predicted molar refractivity (Wildman–Crippen MR) is 75.1 cm³/mol. The highest BCUT2D eigenvalue weighted by Crippen LogP contribution is 2.23. The minimum Gasteiger partial charge on any atom is -0.325 e. The van der Waals surface area contributed by atoms with Gasteiger partial charge in [0.05, 0.1) is 9.96 Å². The first-order chi connectivity index (χ1) is 8.24. The quantitative estimate of drug-likeness (QED) is 0.855. The highest BCUT2D eigenvalue weighted by Gasteiger charge is 2.04. The molecule has 1 N–H and O–H groups in total. The van der Waals surface area contributed by atoms with Gasteiger partial charge in [-0.15, -0.1) is 23.1 Å². The molecule has 0 unspecified atom stereocenters. The van der Waals surface area contributed by atoms with Crippen LogP contribution in [0.3, 0.4) is 0 Å². The van der Waals surface area contributed by atoms with Crippen molar-refractivity contribution in [2.75, 3.05) is 11.1 Å². The molecule has 0 spiro atoms. The number of carbonyl (C=O) groups excluding carboxylic acids is 1. The van der Waals surface area contributed by atoms with E-state index in [-0.39, 0.29) is 5.91 Å². The molecule has 2 nitrogen and oxygen atoms in total. The van der Waals surface area contributed by atoms with E-state index < -0.39 is 0 Å². The van der Waals surface area contributed by atoms with E-state index in [0.29, 0.717) is 10.8 Å². The SMILES string of the molecule is O=C(CSc1cccs1)Nc1cccc(Cl)c1. The standard InChI is InChI=1S/C12H10ClNOS2/c13-9-3-1-4-10(7-9)14-11(15)8-17-12-5-2-6-16-12/h1-7H,8H2,(H,14,15). The van der Waals surface area contributed by atoms with Gasteiger partial charge in [0.2, 0.25) is 5.91 Å². The first-order valence-corrected chi connectivity index (χ1v) is 7.20. The number of thiophene rings is 1. The molecule has 1 heterocycles. The number of anilines is 1. The minimum atomic E-state index is -0.0225. The Morgan fingerprint density at radius 3 is 2.94 bits per heavy atom. The Morgan fingerprint density at radius 1 is 1.35 bits per heavy atom. The maximum atomic E-state index is 11.6. The smallest absolute Gasteiger partial charge is 0.234 e. The molecule has 1 aromatic carbocycles. The molecular formula is C12H10ClNOS2. The molecule has 0 aliphatic carbocycles. The molecule has 2 rings (SSSR count). The van der Waals surface area contributed by atoms with Crippen molar-refractivity contribution in [3.63, 3.8) is 0 Å². The molecule has 0 saturated carbocycles. The van der Waals surface area contributed by atoms with E-state index in [0.717, 1.165) is 9.90 Å². The lowest BCUT2D eigenvalue weighted by atomic mass is 10.3. The molecule has 0 radical (unpaired) electrons. The summed E-state index contributed by atoms with van der Waals surface area (Å²) in [6.07, 6.45) is 0. The minimum absolute atomic E-state index is 0.0225. The van der Waals surface area contributed by atoms with Crippen molar-refractivity contribution in [3.05, 3.63) is 46.8 Å². The fourth-order valence-corrected chi connectivity index (χ4v) is 3.02. The van der Waals surface area contributed by atoms with Gasteiger partial charge in [-0.25, -0.2) is 0 Å². The molecule has 2 aromatic rings. The molecule has 5 heteroatoms. The average molecular weight is 284 g/mol. The molecule has 0 bridgehead atoms. The van der Waals surface area contributed by atoms with E-state index in [1.54, 1.807) is 23.5 Å². The Bertz CT molecular complexity index is 499. The summed E-state index contributed by atoms with van der Waals surface area (Å²) in [5.41, 5.74) is 0.731. The van der Waals surface area contributed by atoms with Crippen LogP contribution in [-0.2, 0) is 4.79 Å². The Labute approximate surface area is 113 Å². The van der Waals surface area contributed by atoms with E-state index in [2.05, 4.69) is 5.32 Å². The van der Waals surface area contributed by atoms with Crippen molar-refractivity contribution < 1.29 is 4.79 Å². The first-order valence-electron chi connectivity index (χ1n) is 4.96. The summed E-state index contributed by atoms with van der Waals surface area (Å²) >= 11 is 9.00. The molecule has 0 atom stereocenters. The number of rotatable bonds is 4. The number of amides is 1. The van der Waals surface area contributed by atoms with E-state index >= 15 is 0 Å². The third-order valence-electron chi connectivity index (χ3n) is 1.95. The highest BCUT2D eigenvalue weighted by atomic mass is 35.5. The Hall–Kier alpha value is -0.970. The van der Waals surface area contributed by atoms with Gasteiger partial charge in [0.15, 0.2) is 0 Å². The zero-order valence-corrected chi connectivity index (χ0v) is 11.2. The lowest BCUT2D eigenvalue weighted by Crippen LogP contribution is -2.13. The number of benzene rings is 1. The number of hydrogen-bond acceptors (Lipinski definition) is 3. The van der Waals surface area contributed by atoms with Crippen LogP contribution in [0.25, 0.3) is 0 Å². The van der Waals surface area contributed by atoms with Crippen LogP contribution in [0, 0.1) is 0 Å². The van der Waals surface area contributed by atoms with Gasteiger partial charge in [0.1, 0.15) is 0 Å². The van der Waals surface area contributed by atoms with Crippen LogP contribution >= 0.6 is 34.7 Å². The molecule has 88 valence electrons. The topological polar surface area (TPSA) is 29.1 Å². The van der Waals surface area contributed by atoms with E-state index in [1.807, 2.05) is 29.6 Å². The maximum absolute atomic E-state index is 11.6. The molecule has 1 aromatic heterocycles. The summed E-state index contributed by atoms with van der Waals surface area (Å²) in [5, 5.41) is 5.42. The van der Waals surface area contributed by atoms with Gasteiger partial charge in [-0.1, -0.05) is 23.7 Å². The van der Waals surface area contributed by atoms with Crippen LogP contribution in [-0.4, -0.2) is 11.7 Å².